The molecule has 0 radical (unpaired) electrons. The molecule has 5 rings (SSSR count). The van der Waals surface area contributed by atoms with Gasteiger partial charge < -0.3 is 9.80 Å². The minimum Gasteiger partial charge on any atom is -0.339 e. The molecular weight excluding hydrogens is 458 g/mol. The zero-order valence-corrected chi connectivity index (χ0v) is 22.9. The summed E-state index contributed by atoms with van der Waals surface area (Å²) in [5.41, 5.74) is 3.15. The third-order valence-corrected chi connectivity index (χ3v) is 9.83. The molecule has 3 aliphatic rings. The molecule has 5 nitrogen and oxygen atoms in total. The largest absolute Gasteiger partial charge is 0.339 e. The van der Waals surface area contributed by atoms with Crippen molar-refractivity contribution in [3.8, 4) is 0 Å². The summed E-state index contributed by atoms with van der Waals surface area (Å²) in [6.45, 7) is 9.36. The summed E-state index contributed by atoms with van der Waals surface area (Å²) >= 11 is 0. The van der Waals surface area contributed by atoms with Crippen LogP contribution in [-0.4, -0.2) is 53.5 Å². The maximum atomic E-state index is 14.0. The first-order chi connectivity index (χ1) is 17.9. The molecule has 1 aliphatic heterocycles. The zero-order valence-electron chi connectivity index (χ0n) is 22.9. The molecular formula is C32H43N3O2. The molecule has 198 valence electrons. The summed E-state index contributed by atoms with van der Waals surface area (Å²) in [7, 11) is 0. The van der Waals surface area contributed by atoms with Crippen LogP contribution in [-0.2, 0) is 5.41 Å². The summed E-state index contributed by atoms with van der Waals surface area (Å²) in [4.78, 5) is 32.8. The summed E-state index contributed by atoms with van der Waals surface area (Å²) in [6, 6.07) is 18.9. The van der Waals surface area contributed by atoms with Crippen molar-refractivity contribution in [1.29, 1.82) is 0 Å². The maximum absolute atomic E-state index is 14.0. The van der Waals surface area contributed by atoms with Gasteiger partial charge in [0.25, 0.3) is 5.91 Å². The quantitative estimate of drug-likeness (QED) is 0.396. The number of benzene rings is 2. The highest BCUT2D eigenvalue weighted by Gasteiger charge is 2.54. The fourth-order valence-corrected chi connectivity index (χ4v) is 6.94. The Kier molecular flexibility index (Phi) is 7.33. The van der Waals surface area contributed by atoms with Crippen molar-refractivity contribution < 1.29 is 9.59 Å². The van der Waals surface area contributed by atoms with Gasteiger partial charge in [-0.05, 0) is 100.0 Å². The Labute approximate surface area is 222 Å². The van der Waals surface area contributed by atoms with Crippen LogP contribution in [0.1, 0.15) is 88.1 Å². The van der Waals surface area contributed by atoms with Crippen LogP contribution in [0.15, 0.2) is 54.6 Å². The third kappa shape index (κ3) is 4.66. The molecule has 2 aromatic rings. The van der Waals surface area contributed by atoms with Gasteiger partial charge in [-0.25, -0.2) is 4.79 Å². The number of amides is 3. The van der Waals surface area contributed by atoms with E-state index in [-0.39, 0.29) is 22.9 Å². The van der Waals surface area contributed by atoms with Gasteiger partial charge in [-0.1, -0.05) is 43.7 Å². The summed E-state index contributed by atoms with van der Waals surface area (Å²) in [6.07, 6.45) is 9.23. The second-order valence-corrected chi connectivity index (χ2v) is 11.5. The number of nitrogens with zero attached hydrogens (tertiary/aromatic N) is 3. The van der Waals surface area contributed by atoms with Crippen LogP contribution >= 0.6 is 0 Å². The van der Waals surface area contributed by atoms with E-state index in [1.165, 1.54) is 24.8 Å². The molecule has 3 amide bonds. The van der Waals surface area contributed by atoms with E-state index in [4.69, 9.17) is 0 Å². The van der Waals surface area contributed by atoms with Gasteiger partial charge in [0.15, 0.2) is 0 Å². The van der Waals surface area contributed by atoms with Crippen molar-refractivity contribution >= 4 is 17.6 Å². The van der Waals surface area contributed by atoms with Crippen molar-refractivity contribution in [2.45, 2.75) is 83.1 Å². The molecule has 0 aromatic heterocycles. The zero-order chi connectivity index (χ0) is 26.0. The van der Waals surface area contributed by atoms with Crippen LogP contribution in [0.25, 0.3) is 0 Å². The lowest BCUT2D eigenvalue weighted by Gasteiger charge is -2.49. The van der Waals surface area contributed by atoms with Crippen LogP contribution in [0, 0.1) is 5.92 Å². The molecule has 1 spiro atoms. The Hall–Kier alpha value is -2.82. The molecule has 1 heterocycles. The first-order valence-electron chi connectivity index (χ1n) is 14.5. The second-order valence-electron chi connectivity index (χ2n) is 11.5. The normalized spacial score (nSPS) is 26.0. The maximum Gasteiger partial charge on any atom is 0.325 e. The monoisotopic (exact) mass is 501 g/mol. The Bertz CT molecular complexity index is 1080. The SMILES string of the molecule is CCN(CC)C(=O)c1ccc(N2C[C@]3(CC[C@@](CC)(c4ccccc4)CC3)N(CC3CCC3)C2=O)cc1. The van der Waals surface area contributed by atoms with Gasteiger partial charge in [0.05, 0.1) is 12.1 Å². The highest BCUT2D eigenvalue weighted by Crippen LogP contribution is 2.50. The van der Waals surface area contributed by atoms with Crippen LogP contribution in [0.2, 0.25) is 0 Å². The van der Waals surface area contributed by atoms with Gasteiger partial charge in [0, 0.05) is 30.9 Å². The molecule has 0 N–H and O–H groups in total. The van der Waals surface area contributed by atoms with Crippen molar-refractivity contribution in [3.05, 3.63) is 65.7 Å². The van der Waals surface area contributed by atoms with Gasteiger partial charge in [0.1, 0.15) is 0 Å². The molecule has 0 atom stereocenters. The van der Waals surface area contributed by atoms with Crippen LogP contribution in [0.5, 0.6) is 0 Å². The molecule has 37 heavy (non-hydrogen) atoms. The smallest absolute Gasteiger partial charge is 0.325 e. The Balaban J connectivity index is 1.39. The molecule has 2 aromatic carbocycles. The number of urea groups is 1. The fourth-order valence-electron chi connectivity index (χ4n) is 6.94. The van der Waals surface area contributed by atoms with E-state index in [1.54, 1.807) is 0 Å². The average Bonchev–Trinajstić information content (AvgIpc) is 3.18. The van der Waals surface area contributed by atoms with E-state index in [0.29, 0.717) is 24.6 Å². The summed E-state index contributed by atoms with van der Waals surface area (Å²) < 4.78 is 0. The highest BCUT2D eigenvalue weighted by molar-refractivity contribution is 5.97. The first-order valence-corrected chi connectivity index (χ1v) is 14.5. The molecule has 5 heteroatoms. The predicted octanol–water partition coefficient (Wildman–Crippen LogP) is 6.87. The van der Waals surface area contributed by atoms with Crippen LogP contribution < -0.4 is 4.90 Å². The van der Waals surface area contributed by atoms with E-state index in [2.05, 4.69) is 42.2 Å². The Morgan fingerprint density at radius 3 is 2.11 bits per heavy atom. The molecule has 2 saturated carbocycles. The number of anilines is 1. The molecule has 2 aliphatic carbocycles. The topological polar surface area (TPSA) is 43.9 Å². The predicted molar refractivity (Wildman–Crippen MR) is 150 cm³/mol. The molecule has 0 bridgehead atoms. The highest BCUT2D eigenvalue weighted by atomic mass is 16.2. The van der Waals surface area contributed by atoms with Crippen molar-refractivity contribution in [3.63, 3.8) is 0 Å². The minimum absolute atomic E-state index is 0.0523. The standard InChI is InChI=1S/C32H43N3O2/c1-4-31(27-13-8-7-9-14-27)19-21-32(22-20-31)24-34(30(37)35(32)23-25-11-10-12-25)28-17-15-26(16-18-28)29(36)33(5-2)6-3/h7-9,13-18,25H,4-6,10-12,19-24H2,1-3H3/t31-,32-. The first kappa shape index (κ1) is 25.8. The lowest BCUT2D eigenvalue weighted by molar-refractivity contribution is 0.0648. The molecule has 1 saturated heterocycles. The van der Waals surface area contributed by atoms with E-state index in [0.717, 1.165) is 50.9 Å². The number of hydrogen-bond donors (Lipinski definition) is 0. The number of carbonyl (C=O) groups excluding carboxylic acids is 2. The summed E-state index contributed by atoms with van der Waals surface area (Å²) in [5, 5.41) is 0. The fraction of sp³-hybridized carbons (Fsp3) is 0.562. The van der Waals surface area contributed by atoms with Gasteiger partial charge in [-0.15, -0.1) is 0 Å². The Morgan fingerprint density at radius 2 is 1.57 bits per heavy atom. The van der Waals surface area contributed by atoms with Crippen molar-refractivity contribution in [2.75, 3.05) is 31.1 Å². The molecule has 3 fully saturated rings. The molecule has 0 unspecified atom stereocenters. The van der Waals surface area contributed by atoms with Crippen LogP contribution in [0.3, 0.4) is 0 Å². The number of carbonyl (C=O) groups is 2. The number of hydrogen-bond acceptors (Lipinski definition) is 2. The van der Waals surface area contributed by atoms with E-state index in [1.807, 2.05) is 47.9 Å². The van der Waals surface area contributed by atoms with Crippen molar-refractivity contribution in [1.82, 2.24) is 9.80 Å². The van der Waals surface area contributed by atoms with Crippen molar-refractivity contribution in [2.24, 2.45) is 5.92 Å². The third-order valence-electron chi connectivity index (χ3n) is 9.83. The number of rotatable bonds is 8. The van der Waals surface area contributed by atoms with E-state index in [9.17, 15) is 9.59 Å². The lowest BCUT2D eigenvalue weighted by atomic mass is 9.62. The van der Waals surface area contributed by atoms with E-state index >= 15 is 0 Å². The lowest BCUT2D eigenvalue weighted by Crippen LogP contribution is -2.53. The van der Waals surface area contributed by atoms with Gasteiger partial charge in [-0.3, -0.25) is 9.69 Å². The van der Waals surface area contributed by atoms with Gasteiger partial charge >= 0.3 is 6.03 Å². The average molecular weight is 502 g/mol. The minimum atomic E-state index is -0.101. The van der Waals surface area contributed by atoms with Gasteiger partial charge in [-0.2, -0.15) is 0 Å². The Morgan fingerprint density at radius 1 is 0.919 bits per heavy atom. The second kappa shape index (κ2) is 10.5. The van der Waals surface area contributed by atoms with Gasteiger partial charge in [0.2, 0.25) is 0 Å². The van der Waals surface area contributed by atoms with Crippen LogP contribution in [0.4, 0.5) is 10.5 Å². The van der Waals surface area contributed by atoms with E-state index < -0.39 is 0 Å². The summed E-state index contributed by atoms with van der Waals surface area (Å²) in [5.74, 6) is 0.693.